The van der Waals surface area contributed by atoms with E-state index in [-0.39, 0.29) is 11.5 Å². The predicted octanol–water partition coefficient (Wildman–Crippen LogP) is 10.2. The molecule has 3 aliphatic rings. The lowest BCUT2D eigenvalue weighted by Crippen LogP contribution is -2.26. The lowest BCUT2D eigenvalue weighted by Gasteiger charge is -2.38. The first kappa shape index (κ1) is 29.2. The Morgan fingerprint density at radius 1 is 0.738 bits per heavy atom. The number of hydrogen-bond donors (Lipinski definition) is 1. The van der Waals surface area contributed by atoms with Gasteiger partial charge in [-0.1, -0.05) is 89.1 Å². The third-order valence-electron chi connectivity index (χ3n) is 11.0. The highest BCUT2D eigenvalue weighted by Crippen LogP contribution is 2.48. The second-order valence-corrected chi connectivity index (χ2v) is 15.0. The van der Waals surface area contributed by atoms with Gasteiger partial charge in [0.15, 0.2) is 0 Å². The van der Waals surface area contributed by atoms with Gasteiger partial charge in [-0.3, -0.25) is 4.99 Å². The molecular weight excluding hydrogens is 508 g/mol. The Morgan fingerprint density at radius 3 is 2.07 bits per heavy atom. The quantitative estimate of drug-likeness (QED) is 0.299. The molecule has 2 heteroatoms. The Labute approximate surface area is 255 Å². The maximum atomic E-state index is 6.67. The van der Waals surface area contributed by atoms with Crippen LogP contribution in [0.4, 0.5) is 5.69 Å². The lowest BCUT2D eigenvalue weighted by atomic mass is 9.68. The van der Waals surface area contributed by atoms with Gasteiger partial charge in [-0.25, -0.2) is 0 Å². The first-order valence-corrected chi connectivity index (χ1v) is 16.8. The van der Waals surface area contributed by atoms with Crippen molar-refractivity contribution in [2.75, 3.05) is 5.73 Å². The zero-order chi connectivity index (χ0) is 29.4. The summed E-state index contributed by atoms with van der Waals surface area (Å²) in [7, 11) is 0. The van der Waals surface area contributed by atoms with Gasteiger partial charge < -0.3 is 5.73 Å². The van der Waals surface area contributed by atoms with E-state index < -0.39 is 0 Å². The lowest BCUT2D eigenvalue weighted by molar-refractivity contribution is 0.142. The summed E-state index contributed by atoms with van der Waals surface area (Å²) in [5.74, 6) is 3.47. The number of anilines is 1. The summed E-state index contributed by atoms with van der Waals surface area (Å²) in [6.07, 6.45) is 13.3. The molecule has 3 aromatic rings. The topological polar surface area (TPSA) is 38.4 Å². The molecule has 2 saturated carbocycles. The highest BCUT2D eigenvalue weighted by Gasteiger charge is 2.37. The molecule has 0 radical (unpaired) electrons. The van der Waals surface area contributed by atoms with Crippen molar-refractivity contribution in [3.05, 3.63) is 99.6 Å². The monoisotopic (exact) mass is 560 g/mol. The summed E-state index contributed by atoms with van der Waals surface area (Å²) < 4.78 is 0. The first-order valence-electron chi connectivity index (χ1n) is 16.8. The zero-order valence-corrected chi connectivity index (χ0v) is 26.8. The van der Waals surface area contributed by atoms with E-state index in [0.29, 0.717) is 5.92 Å². The van der Waals surface area contributed by atoms with E-state index in [0.717, 1.165) is 42.0 Å². The molecule has 2 fully saturated rings. The average Bonchev–Trinajstić information content (AvgIpc) is 3.38. The van der Waals surface area contributed by atoms with Crippen LogP contribution in [0.2, 0.25) is 0 Å². The van der Waals surface area contributed by atoms with Crippen molar-refractivity contribution in [3.8, 4) is 0 Å². The number of hydrogen-bond acceptors (Lipinski definition) is 2. The van der Waals surface area contributed by atoms with Crippen LogP contribution in [-0.2, 0) is 18.3 Å². The summed E-state index contributed by atoms with van der Waals surface area (Å²) in [4.78, 5) is 5.50. The van der Waals surface area contributed by atoms with Crippen molar-refractivity contribution < 1.29 is 0 Å². The van der Waals surface area contributed by atoms with Gasteiger partial charge in [-0.2, -0.15) is 0 Å². The van der Waals surface area contributed by atoms with Gasteiger partial charge in [0, 0.05) is 16.8 Å². The van der Waals surface area contributed by atoms with Crippen molar-refractivity contribution in [2.24, 2.45) is 28.7 Å². The normalized spacial score (nSPS) is 26.1. The largest absolute Gasteiger partial charge is 0.398 e. The molecule has 2 aliphatic carbocycles. The van der Waals surface area contributed by atoms with Crippen molar-refractivity contribution in [3.63, 3.8) is 0 Å². The predicted molar refractivity (Wildman–Crippen MR) is 180 cm³/mol. The van der Waals surface area contributed by atoms with Crippen LogP contribution in [0, 0.1) is 30.6 Å². The fourth-order valence-corrected chi connectivity index (χ4v) is 8.51. The van der Waals surface area contributed by atoms with E-state index in [2.05, 4.69) is 95.3 Å². The highest BCUT2D eigenvalue weighted by atomic mass is 14.9. The van der Waals surface area contributed by atoms with Gasteiger partial charge in [-0.15, -0.1) is 0 Å². The van der Waals surface area contributed by atoms with Gasteiger partial charge in [0.05, 0.1) is 11.8 Å². The minimum atomic E-state index is 0.161. The molecule has 0 saturated heterocycles. The van der Waals surface area contributed by atoms with E-state index >= 15 is 0 Å². The molecule has 1 unspecified atom stereocenters. The number of nitrogen functional groups attached to an aromatic ring is 1. The molecule has 42 heavy (non-hydrogen) atoms. The van der Waals surface area contributed by atoms with Crippen LogP contribution in [0.25, 0.3) is 0 Å². The molecule has 6 rings (SSSR count). The Morgan fingerprint density at radius 2 is 1.38 bits per heavy atom. The molecule has 1 atom stereocenters. The summed E-state index contributed by atoms with van der Waals surface area (Å²) in [6.45, 7) is 11.6. The summed E-state index contributed by atoms with van der Waals surface area (Å²) >= 11 is 0. The SMILES string of the molecule is Cc1cc(C2=NC(C3CCC(C4CCC(C)CC4)CC3)c3cccc(N)c32)ccc1CCc1ccccc1C(C)(C)C. The molecule has 0 amide bonds. The Kier molecular flexibility index (Phi) is 8.36. The number of fused-ring (bicyclic) bond motifs is 1. The maximum absolute atomic E-state index is 6.67. The van der Waals surface area contributed by atoms with Crippen LogP contribution in [0.1, 0.15) is 124 Å². The fraction of sp³-hybridized carbons (Fsp3) is 0.525. The molecular formula is C40H52N2. The van der Waals surface area contributed by atoms with Crippen molar-refractivity contribution >= 4 is 11.4 Å². The molecule has 1 heterocycles. The molecule has 0 spiro atoms. The standard InChI is InChI=1S/C40H52N2/c1-26-13-15-29(16-14-26)30-19-22-32(23-20-30)38-34-10-8-12-36(41)37(34)39(42-38)33-24-18-28(27(2)25-33)17-21-31-9-6-7-11-35(31)40(3,4)5/h6-12,18,24-26,29-30,32,38H,13-17,19-23,41H2,1-5H3. The minimum Gasteiger partial charge on any atom is -0.398 e. The van der Waals surface area contributed by atoms with Crippen LogP contribution in [-0.4, -0.2) is 5.71 Å². The number of nitrogens with two attached hydrogens (primary N) is 1. The van der Waals surface area contributed by atoms with E-state index in [1.54, 1.807) is 0 Å². The molecule has 3 aromatic carbocycles. The number of rotatable bonds is 6. The fourth-order valence-electron chi connectivity index (χ4n) is 8.51. The molecule has 222 valence electrons. The molecule has 2 nitrogen and oxygen atoms in total. The second kappa shape index (κ2) is 12.0. The Bertz CT molecular complexity index is 1420. The Hall–Kier alpha value is -2.87. The highest BCUT2D eigenvalue weighted by molar-refractivity contribution is 6.18. The average molecular weight is 561 g/mol. The van der Waals surface area contributed by atoms with Crippen LogP contribution in [0.3, 0.4) is 0 Å². The Balaban J connectivity index is 1.19. The first-order chi connectivity index (χ1) is 20.2. The number of benzene rings is 3. The summed E-state index contributed by atoms with van der Waals surface area (Å²) in [6, 6.07) is 22.7. The van der Waals surface area contributed by atoms with Gasteiger partial charge in [0.25, 0.3) is 0 Å². The molecule has 2 N–H and O–H groups in total. The van der Waals surface area contributed by atoms with Crippen LogP contribution >= 0.6 is 0 Å². The summed E-state index contributed by atoms with van der Waals surface area (Å²) in [5.41, 5.74) is 18.3. The van der Waals surface area contributed by atoms with E-state index in [1.165, 1.54) is 90.3 Å². The number of aryl methyl sites for hydroxylation is 3. The maximum Gasteiger partial charge on any atom is 0.0792 e. The van der Waals surface area contributed by atoms with Gasteiger partial charge in [-0.05, 0) is 127 Å². The van der Waals surface area contributed by atoms with Crippen molar-refractivity contribution in [1.82, 2.24) is 0 Å². The third-order valence-corrected chi connectivity index (χ3v) is 11.0. The van der Waals surface area contributed by atoms with E-state index in [1.807, 2.05) is 0 Å². The van der Waals surface area contributed by atoms with Gasteiger partial charge in [0.1, 0.15) is 0 Å². The number of nitrogens with zero attached hydrogens (tertiary/aromatic N) is 1. The van der Waals surface area contributed by atoms with Crippen LogP contribution < -0.4 is 5.73 Å². The second-order valence-electron chi connectivity index (χ2n) is 15.0. The third kappa shape index (κ3) is 5.97. The van der Waals surface area contributed by atoms with E-state index in [4.69, 9.17) is 10.7 Å². The van der Waals surface area contributed by atoms with Crippen molar-refractivity contribution in [1.29, 1.82) is 0 Å². The van der Waals surface area contributed by atoms with Gasteiger partial charge in [0.2, 0.25) is 0 Å². The molecule has 1 aliphatic heterocycles. The zero-order valence-electron chi connectivity index (χ0n) is 26.8. The summed E-state index contributed by atoms with van der Waals surface area (Å²) in [5, 5.41) is 0. The van der Waals surface area contributed by atoms with Crippen molar-refractivity contribution in [2.45, 2.75) is 110 Å². The van der Waals surface area contributed by atoms with Crippen LogP contribution in [0.5, 0.6) is 0 Å². The smallest absolute Gasteiger partial charge is 0.0792 e. The molecule has 0 aromatic heterocycles. The minimum absolute atomic E-state index is 0.161. The van der Waals surface area contributed by atoms with E-state index in [9.17, 15) is 0 Å². The number of aliphatic imine (C=N–C) groups is 1. The molecule has 0 bridgehead atoms. The van der Waals surface area contributed by atoms with Crippen LogP contribution in [0.15, 0.2) is 65.7 Å². The van der Waals surface area contributed by atoms with Gasteiger partial charge >= 0.3 is 0 Å².